The fraction of sp³-hybridized carbons (Fsp3) is 0.250. The number of carbonyl (C=O) groups is 1. The molecule has 1 aromatic rings. The quantitative estimate of drug-likeness (QED) is 0.498. The summed E-state index contributed by atoms with van der Waals surface area (Å²) in [7, 11) is 0. The lowest BCUT2D eigenvalue weighted by Crippen LogP contribution is -2.15. The number of aromatic nitrogens is 1. The standard InChI is InChI=1S/C8H10N2O/c11-6-5-9-7-8-3-1-2-4-10-8/h1-4,6,9H,5,7H2. The van der Waals surface area contributed by atoms with Gasteiger partial charge in [0.2, 0.25) is 0 Å². The zero-order valence-electron chi connectivity index (χ0n) is 6.16. The summed E-state index contributed by atoms with van der Waals surface area (Å²) in [5, 5.41) is 2.92. The van der Waals surface area contributed by atoms with Crippen LogP contribution in [0.1, 0.15) is 5.69 Å². The molecule has 0 atom stereocenters. The first-order valence-electron chi connectivity index (χ1n) is 3.48. The van der Waals surface area contributed by atoms with E-state index in [-0.39, 0.29) is 0 Å². The molecule has 0 aromatic carbocycles. The highest BCUT2D eigenvalue weighted by molar-refractivity contribution is 5.51. The van der Waals surface area contributed by atoms with Gasteiger partial charge in [0.15, 0.2) is 0 Å². The first-order valence-corrected chi connectivity index (χ1v) is 3.48. The van der Waals surface area contributed by atoms with E-state index in [1.807, 2.05) is 18.2 Å². The fourth-order valence-corrected chi connectivity index (χ4v) is 0.762. The monoisotopic (exact) mass is 150 g/mol. The van der Waals surface area contributed by atoms with Crippen molar-refractivity contribution in [3.63, 3.8) is 0 Å². The van der Waals surface area contributed by atoms with Crippen molar-refractivity contribution in [1.29, 1.82) is 0 Å². The molecule has 1 aromatic heterocycles. The lowest BCUT2D eigenvalue weighted by Gasteiger charge is -1.97. The maximum absolute atomic E-state index is 9.91. The normalized spacial score (nSPS) is 9.45. The molecule has 3 nitrogen and oxygen atoms in total. The molecule has 3 heteroatoms. The second-order valence-corrected chi connectivity index (χ2v) is 2.12. The molecule has 58 valence electrons. The summed E-state index contributed by atoms with van der Waals surface area (Å²) in [5.74, 6) is 0. The number of hydrogen-bond donors (Lipinski definition) is 1. The Morgan fingerprint density at radius 3 is 3.09 bits per heavy atom. The lowest BCUT2D eigenvalue weighted by molar-refractivity contribution is -0.107. The first-order chi connectivity index (χ1) is 5.43. The van der Waals surface area contributed by atoms with E-state index in [4.69, 9.17) is 0 Å². The van der Waals surface area contributed by atoms with Gasteiger partial charge in [-0.2, -0.15) is 0 Å². The van der Waals surface area contributed by atoms with E-state index in [0.717, 1.165) is 12.0 Å². The van der Waals surface area contributed by atoms with Crippen LogP contribution in [0.2, 0.25) is 0 Å². The Morgan fingerprint density at radius 1 is 1.55 bits per heavy atom. The zero-order chi connectivity index (χ0) is 7.94. The van der Waals surface area contributed by atoms with Gasteiger partial charge in [-0.15, -0.1) is 0 Å². The maximum Gasteiger partial charge on any atom is 0.133 e. The molecule has 0 saturated heterocycles. The third-order valence-electron chi connectivity index (χ3n) is 1.26. The molecule has 0 radical (unpaired) electrons. The minimum absolute atomic E-state index is 0.385. The molecule has 11 heavy (non-hydrogen) atoms. The number of nitrogens with zero attached hydrogens (tertiary/aromatic N) is 1. The predicted molar refractivity (Wildman–Crippen MR) is 42.0 cm³/mol. The van der Waals surface area contributed by atoms with Crippen molar-refractivity contribution in [2.45, 2.75) is 6.54 Å². The maximum atomic E-state index is 9.91. The number of hydrogen-bond acceptors (Lipinski definition) is 3. The average Bonchev–Trinajstić information content (AvgIpc) is 2.07. The number of rotatable bonds is 4. The molecular weight excluding hydrogens is 140 g/mol. The van der Waals surface area contributed by atoms with Crippen molar-refractivity contribution in [1.82, 2.24) is 10.3 Å². The third-order valence-corrected chi connectivity index (χ3v) is 1.26. The van der Waals surface area contributed by atoms with Crippen molar-refractivity contribution in [2.24, 2.45) is 0 Å². The van der Waals surface area contributed by atoms with Crippen LogP contribution in [0.5, 0.6) is 0 Å². The molecule has 0 unspecified atom stereocenters. The van der Waals surface area contributed by atoms with Crippen LogP contribution in [0, 0.1) is 0 Å². The molecule has 0 bridgehead atoms. The molecule has 0 saturated carbocycles. The molecule has 1 N–H and O–H groups in total. The average molecular weight is 150 g/mol. The molecular formula is C8H10N2O. The molecule has 0 amide bonds. The highest BCUT2D eigenvalue weighted by atomic mass is 16.1. The smallest absolute Gasteiger partial charge is 0.133 e. The third kappa shape index (κ3) is 2.91. The van der Waals surface area contributed by atoms with Gasteiger partial charge in [0.1, 0.15) is 6.29 Å². The fourth-order valence-electron chi connectivity index (χ4n) is 0.762. The molecule has 1 rings (SSSR count). The van der Waals surface area contributed by atoms with Crippen LogP contribution in [0.4, 0.5) is 0 Å². The zero-order valence-corrected chi connectivity index (χ0v) is 6.16. The van der Waals surface area contributed by atoms with Gasteiger partial charge in [0, 0.05) is 12.7 Å². The first kappa shape index (κ1) is 7.88. The Balaban J connectivity index is 2.33. The Kier molecular flexibility index (Phi) is 3.28. The van der Waals surface area contributed by atoms with Crippen LogP contribution in [-0.4, -0.2) is 17.8 Å². The number of pyridine rings is 1. The van der Waals surface area contributed by atoms with Crippen LogP contribution in [0.25, 0.3) is 0 Å². The molecule has 0 aliphatic rings. The van der Waals surface area contributed by atoms with Crippen LogP contribution in [0.15, 0.2) is 24.4 Å². The Morgan fingerprint density at radius 2 is 2.45 bits per heavy atom. The van der Waals surface area contributed by atoms with E-state index >= 15 is 0 Å². The summed E-state index contributed by atoms with van der Waals surface area (Å²) >= 11 is 0. The van der Waals surface area contributed by atoms with Crippen molar-refractivity contribution < 1.29 is 4.79 Å². The van der Waals surface area contributed by atoms with Gasteiger partial charge in [-0.3, -0.25) is 4.98 Å². The van der Waals surface area contributed by atoms with Gasteiger partial charge >= 0.3 is 0 Å². The van der Waals surface area contributed by atoms with E-state index < -0.39 is 0 Å². The number of carbonyl (C=O) groups excluding carboxylic acids is 1. The van der Waals surface area contributed by atoms with Gasteiger partial charge < -0.3 is 10.1 Å². The van der Waals surface area contributed by atoms with Crippen molar-refractivity contribution in [3.05, 3.63) is 30.1 Å². The summed E-state index contributed by atoms with van der Waals surface area (Å²) in [6.45, 7) is 1.04. The van der Waals surface area contributed by atoms with Crippen molar-refractivity contribution in [3.8, 4) is 0 Å². The number of nitrogens with one attached hydrogen (secondary N) is 1. The Labute approximate surface area is 65.5 Å². The van der Waals surface area contributed by atoms with Crippen LogP contribution in [0.3, 0.4) is 0 Å². The highest BCUT2D eigenvalue weighted by Crippen LogP contribution is 1.90. The molecule has 1 heterocycles. The SMILES string of the molecule is O=CCNCc1ccccn1. The van der Waals surface area contributed by atoms with Gasteiger partial charge in [0.05, 0.1) is 12.2 Å². The molecule has 0 spiro atoms. The van der Waals surface area contributed by atoms with Gasteiger partial charge in [-0.05, 0) is 12.1 Å². The summed E-state index contributed by atoms with van der Waals surface area (Å²) in [4.78, 5) is 14.0. The largest absolute Gasteiger partial charge is 0.305 e. The van der Waals surface area contributed by atoms with E-state index in [0.29, 0.717) is 13.1 Å². The summed E-state index contributed by atoms with van der Waals surface area (Å²) in [6, 6.07) is 5.70. The van der Waals surface area contributed by atoms with Gasteiger partial charge in [-0.1, -0.05) is 6.07 Å². The van der Waals surface area contributed by atoms with Crippen molar-refractivity contribution in [2.75, 3.05) is 6.54 Å². The predicted octanol–water partition coefficient (Wildman–Crippen LogP) is 0.370. The minimum atomic E-state index is 0.385. The molecule has 0 fully saturated rings. The van der Waals surface area contributed by atoms with E-state index in [1.54, 1.807) is 6.20 Å². The highest BCUT2D eigenvalue weighted by Gasteiger charge is 1.89. The van der Waals surface area contributed by atoms with E-state index in [2.05, 4.69) is 10.3 Å². The Hall–Kier alpha value is -1.22. The lowest BCUT2D eigenvalue weighted by atomic mass is 10.3. The molecule has 0 aliphatic carbocycles. The molecule has 0 aliphatic heterocycles. The van der Waals surface area contributed by atoms with Crippen LogP contribution < -0.4 is 5.32 Å². The van der Waals surface area contributed by atoms with Crippen molar-refractivity contribution >= 4 is 6.29 Å². The summed E-state index contributed by atoms with van der Waals surface area (Å²) < 4.78 is 0. The summed E-state index contributed by atoms with van der Waals surface area (Å²) in [5.41, 5.74) is 0.953. The van der Waals surface area contributed by atoms with E-state index in [9.17, 15) is 4.79 Å². The van der Waals surface area contributed by atoms with Gasteiger partial charge in [0.25, 0.3) is 0 Å². The second-order valence-electron chi connectivity index (χ2n) is 2.12. The number of aldehydes is 1. The topological polar surface area (TPSA) is 42.0 Å². The second kappa shape index (κ2) is 4.57. The van der Waals surface area contributed by atoms with Gasteiger partial charge in [-0.25, -0.2) is 0 Å². The Bertz CT molecular complexity index is 211. The van der Waals surface area contributed by atoms with Crippen LogP contribution in [-0.2, 0) is 11.3 Å². The summed E-state index contributed by atoms with van der Waals surface area (Å²) in [6.07, 6.45) is 2.57. The van der Waals surface area contributed by atoms with E-state index in [1.165, 1.54) is 0 Å². The minimum Gasteiger partial charge on any atom is -0.305 e. The van der Waals surface area contributed by atoms with Crippen LogP contribution >= 0.6 is 0 Å².